The predicted molar refractivity (Wildman–Crippen MR) is 137 cm³/mol. The third kappa shape index (κ3) is 4.98. The molecule has 3 aliphatic heterocycles. The molecule has 2 unspecified atom stereocenters. The highest BCUT2D eigenvalue weighted by Crippen LogP contribution is 2.32. The molecule has 0 N–H and O–H groups in total. The van der Waals surface area contributed by atoms with E-state index < -0.39 is 0 Å². The van der Waals surface area contributed by atoms with Crippen molar-refractivity contribution < 1.29 is 14.0 Å². The summed E-state index contributed by atoms with van der Waals surface area (Å²) < 4.78 is 17.5. The van der Waals surface area contributed by atoms with E-state index in [1.54, 1.807) is 7.11 Å². The third-order valence-corrected chi connectivity index (χ3v) is 7.93. The number of rotatable bonds is 7. The Balaban J connectivity index is 1.05. The average molecular weight is 477 g/mol. The van der Waals surface area contributed by atoms with Crippen molar-refractivity contribution in [2.24, 2.45) is 5.92 Å². The number of hydrogen-bond acceptors (Lipinski definition) is 7. The second kappa shape index (κ2) is 10.1. The van der Waals surface area contributed by atoms with E-state index in [0.717, 1.165) is 67.6 Å². The van der Waals surface area contributed by atoms with Crippen molar-refractivity contribution in [3.8, 4) is 11.5 Å². The van der Waals surface area contributed by atoms with Gasteiger partial charge in [-0.2, -0.15) is 0 Å². The lowest BCUT2D eigenvalue weighted by Crippen LogP contribution is -2.57. The lowest BCUT2D eigenvalue weighted by Gasteiger charge is -2.46. The van der Waals surface area contributed by atoms with Gasteiger partial charge in [-0.3, -0.25) is 9.80 Å². The predicted octanol–water partition coefficient (Wildman–Crippen LogP) is 4.41. The van der Waals surface area contributed by atoms with Crippen LogP contribution >= 0.6 is 0 Å². The monoisotopic (exact) mass is 476 g/mol. The van der Waals surface area contributed by atoms with Crippen LogP contribution in [0.25, 0.3) is 11.0 Å². The van der Waals surface area contributed by atoms with Gasteiger partial charge in [0.15, 0.2) is 11.4 Å². The molecule has 3 fully saturated rings. The normalized spacial score (nSPS) is 23.5. The number of ether oxygens (including phenoxy) is 2. The Kier molecular flexibility index (Phi) is 6.53. The molecule has 1 aromatic heterocycles. The first-order valence-electron chi connectivity index (χ1n) is 13.1. The fourth-order valence-corrected chi connectivity index (χ4v) is 6.02. The maximum atomic E-state index is 6.34. The van der Waals surface area contributed by atoms with Crippen LogP contribution in [0.5, 0.6) is 11.5 Å². The van der Waals surface area contributed by atoms with Gasteiger partial charge in [0.2, 0.25) is 0 Å². The van der Waals surface area contributed by atoms with Crippen LogP contribution in [0.1, 0.15) is 31.2 Å². The highest BCUT2D eigenvalue weighted by molar-refractivity contribution is 5.88. The number of methoxy groups -OCH3 is 1. The van der Waals surface area contributed by atoms with E-state index in [4.69, 9.17) is 14.0 Å². The zero-order valence-electron chi connectivity index (χ0n) is 20.7. The molecule has 7 heteroatoms. The van der Waals surface area contributed by atoms with Crippen LogP contribution in [0.3, 0.4) is 0 Å². The molecule has 3 aliphatic rings. The summed E-state index contributed by atoms with van der Waals surface area (Å²) in [6, 6.07) is 15.1. The molecule has 186 valence electrons. The Bertz CT molecular complexity index is 1140. The SMILES string of the molecule is COc1cc(CN2CCCC2)cc(OCC2CCC3CN(c4noc5ccccc45)CCN3C2)c1. The Morgan fingerprint density at radius 3 is 2.71 bits per heavy atom. The lowest BCUT2D eigenvalue weighted by molar-refractivity contribution is 0.0726. The summed E-state index contributed by atoms with van der Waals surface area (Å²) in [7, 11) is 1.74. The lowest BCUT2D eigenvalue weighted by atomic mass is 9.91. The summed E-state index contributed by atoms with van der Waals surface area (Å²) in [4.78, 5) is 7.57. The molecule has 0 radical (unpaired) electrons. The minimum Gasteiger partial charge on any atom is -0.497 e. The number of piperidine rings is 1. The summed E-state index contributed by atoms with van der Waals surface area (Å²) in [6.45, 7) is 8.27. The highest BCUT2D eigenvalue weighted by atomic mass is 16.5. The number of aromatic nitrogens is 1. The van der Waals surface area contributed by atoms with Crippen LogP contribution in [0.2, 0.25) is 0 Å². The van der Waals surface area contributed by atoms with Gasteiger partial charge >= 0.3 is 0 Å². The van der Waals surface area contributed by atoms with Gasteiger partial charge in [-0.25, -0.2) is 0 Å². The summed E-state index contributed by atoms with van der Waals surface area (Å²) in [5.74, 6) is 3.37. The first-order valence-corrected chi connectivity index (χ1v) is 13.1. The van der Waals surface area contributed by atoms with Crippen molar-refractivity contribution in [3.63, 3.8) is 0 Å². The molecule has 2 aromatic carbocycles. The molecule has 0 aliphatic carbocycles. The number of piperazine rings is 1. The molecule has 6 rings (SSSR count). The zero-order valence-corrected chi connectivity index (χ0v) is 20.7. The first-order chi connectivity index (χ1) is 17.2. The van der Waals surface area contributed by atoms with E-state index >= 15 is 0 Å². The van der Waals surface area contributed by atoms with E-state index in [1.165, 1.54) is 44.3 Å². The van der Waals surface area contributed by atoms with Crippen LogP contribution in [0, 0.1) is 5.92 Å². The number of hydrogen-bond donors (Lipinski definition) is 0. The van der Waals surface area contributed by atoms with Gasteiger partial charge in [0.1, 0.15) is 11.5 Å². The van der Waals surface area contributed by atoms with Crippen LogP contribution in [0.4, 0.5) is 5.82 Å². The molecule has 0 spiro atoms. The molecule has 0 amide bonds. The third-order valence-electron chi connectivity index (χ3n) is 7.93. The standard InChI is InChI=1S/C28H36N4O3/c1-33-24-14-22(17-30-10-4-5-11-30)15-25(16-24)34-20-21-8-9-23-19-32(13-12-31(23)18-21)28-26-6-2-3-7-27(26)35-29-28/h2-3,6-7,14-16,21,23H,4-5,8-13,17-20H2,1H3. The topological polar surface area (TPSA) is 54.2 Å². The summed E-state index contributed by atoms with van der Waals surface area (Å²) in [5.41, 5.74) is 2.15. The molecule has 3 aromatic rings. The van der Waals surface area contributed by atoms with E-state index in [2.05, 4.69) is 44.1 Å². The van der Waals surface area contributed by atoms with Gasteiger partial charge in [0.05, 0.1) is 19.1 Å². The van der Waals surface area contributed by atoms with Gasteiger partial charge in [0, 0.05) is 50.7 Å². The molecule has 4 heterocycles. The Morgan fingerprint density at radius 2 is 1.83 bits per heavy atom. The van der Waals surface area contributed by atoms with E-state index in [9.17, 15) is 0 Å². The van der Waals surface area contributed by atoms with E-state index in [0.29, 0.717) is 12.0 Å². The van der Waals surface area contributed by atoms with Crippen molar-refractivity contribution in [1.82, 2.24) is 15.0 Å². The van der Waals surface area contributed by atoms with Crippen molar-refractivity contribution in [1.29, 1.82) is 0 Å². The molecule has 3 saturated heterocycles. The highest BCUT2D eigenvalue weighted by Gasteiger charge is 2.34. The minimum atomic E-state index is 0.555. The second-order valence-electron chi connectivity index (χ2n) is 10.4. The Hall–Kier alpha value is -2.77. The number of likely N-dealkylation sites (tertiary alicyclic amines) is 1. The smallest absolute Gasteiger partial charge is 0.180 e. The minimum absolute atomic E-state index is 0.555. The van der Waals surface area contributed by atoms with Gasteiger partial charge in [-0.05, 0) is 68.6 Å². The molecule has 2 atom stereocenters. The van der Waals surface area contributed by atoms with Crippen LogP contribution in [0.15, 0.2) is 47.0 Å². The van der Waals surface area contributed by atoms with Crippen molar-refractivity contribution in [2.45, 2.75) is 38.3 Å². The van der Waals surface area contributed by atoms with Crippen molar-refractivity contribution >= 4 is 16.8 Å². The molecular formula is C28H36N4O3. The fourth-order valence-electron chi connectivity index (χ4n) is 6.02. The number of nitrogens with zero attached hydrogens (tertiary/aromatic N) is 4. The number of benzene rings is 2. The first kappa shape index (κ1) is 22.7. The zero-order chi connectivity index (χ0) is 23.6. The average Bonchev–Trinajstić information content (AvgIpc) is 3.57. The van der Waals surface area contributed by atoms with Gasteiger partial charge < -0.3 is 18.9 Å². The summed E-state index contributed by atoms with van der Waals surface area (Å²) in [5, 5.41) is 5.50. The fraction of sp³-hybridized carbons (Fsp3) is 0.536. The maximum Gasteiger partial charge on any atom is 0.180 e. The van der Waals surface area contributed by atoms with Crippen molar-refractivity contribution in [2.75, 3.05) is 57.9 Å². The van der Waals surface area contributed by atoms with Gasteiger partial charge in [-0.15, -0.1) is 0 Å². The van der Waals surface area contributed by atoms with E-state index in [-0.39, 0.29) is 0 Å². The molecular weight excluding hydrogens is 440 g/mol. The number of fused-ring (bicyclic) bond motifs is 2. The van der Waals surface area contributed by atoms with Crippen LogP contribution < -0.4 is 14.4 Å². The number of para-hydroxylation sites is 1. The quantitative estimate of drug-likeness (QED) is 0.501. The Labute approximate surface area is 207 Å². The van der Waals surface area contributed by atoms with Gasteiger partial charge in [-0.1, -0.05) is 17.3 Å². The second-order valence-corrected chi connectivity index (χ2v) is 10.4. The summed E-state index contributed by atoms with van der Waals surface area (Å²) in [6.07, 6.45) is 5.00. The van der Waals surface area contributed by atoms with Crippen LogP contribution in [-0.2, 0) is 6.54 Å². The molecule has 7 nitrogen and oxygen atoms in total. The summed E-state index contributed by atoms with van der Waals surface area (Å²) >= 11 is 0. The van der Waals surface area contributed by atoms with Crippen molar-refractivity contribution in [3.05, 3.63) is 48.0 Å². The van der Waals surface area contributed by atoms with E-state index in [1.807, 2.05) is 18.2 Å². The van der Waals surface area contributed by atoms with Gasteiger partial charge in [0.25, 0.3) is 0 Å². The number of anilines is 1. The molecule has 0 bridgehead atoms. The Morgan fingerprint density at radius 1 is 0.971 bits per heavy atom. The maximum absolute atomic E-state index is 6.34. The van der Waals surface area contributed by atoms with Crippen LogP contribution in [-0.4, -0.2) is 74.0 Å². The molecule has 35 heavy (non-hydrogen) atoms. The molecule has 0 saturated carbocycles. The largest absolute Gasteiger partial charge is 0.497 e.